The number of hydrogen-bond donors (Lipinski definition) is 0. The predicted octanol–water partition coefficient (Wildman–Crippen LogP) is 2.15. The Hall–Kier alpha value is -0.870. The SMILES string of the molecule is Cc1cc(=O)nc2sc(CCCl)c(C)n12. The minimum atomic E-state index is -0.175. The molecule has 5 heteroatoms. The van der Waals surface area contributed by atoms with Crippen LogP contribution >= 0.6 is 22.9 Å². The van der Waals surface area contributed by atoms with Crippen LogP contribution in [0.25, 0.3) is 4.96 Å². The molecule has 2 aromatic heterocycles. The number of aryl methyl sites for hydroxylation is 3. The molecule has 0 fully saturated rings. The molecule has 0 aliphatic heterocycles. The molecule has 0 bridgehead atoms. The van der Waals surface area contributed by atoms with Crippen molar-refractivity contribution >= 4 is 27.9 Å². The Morgan fingerprint density at radius 3 is 2.93 bits per heavy atom. The Kier molecular flexibility index (Phi) is 2.80. The van der Waals surface area contributed by atoms with Crippen molar-refractivity contribution in [3.8, 4) is 0 Å². The van der Waals surface area contributed by atoms with E-state index in [1.807, 2.05) is 18.2 Å². The molecule has 0 atom stereocenters. The van der Waals surface area contributed by atoms with Crippen molar-refractivity contribution < 1.29 is 0 Å². The first kappa shape index (κ1) is 10.6. The number of fused-ring (bicyclic) bond motifs is 1. The molecule has 0 aromatic carbocycles. The second kappa shape index (κ2) is 3.94. The Morgan fingerprint density at radius 1 is 1.53 bits per heavy atom. The maximum Gasteiger partial charge on any atom is 0.274 e. The van der Waals surface area contributed by atoms with Crippen LogP contribution in [0.4, 0.5) is 0 Å². The van der Waals surface area contributed by atoms with Crippen molar-refractivity contribution in [1.29, 1.82) is 0 Å². The number of hydrogen-bond acceptors (Lipinski definition) is 3. The summed E-state index contributed by atoms with van der Waals surface area (Å²) >= 11 is 7.27. The minimum Gasteiger partial charge on any atom is -0.293 e. The van der Waals surface area contributed by atoms with Gasteiger partial charge in [0.25, 0.3) is 5.56 Å². The molecule has 0 spiro atoms. The first-order valence-electron chi connectivity index (χ1n) is 4.68. The van der Waals surface area contributed by atoms with Crippen LogP contribution in [0.2, 0.25) is 0 Å². The van der Waals surface area contributed by atoms with Crippen molar-refractivity contribution in [2.75, 3.05) is 5.88 Å². The van der Waals surface area contributed by atoms with Crippen LogP contribution < -0.4 is 5.56 Å². The van der Waals surface area contributed by atoms with E-state index in [1.165, 1.54) is 4.88 Å². The highest BCUT2D eigenvalue weighted by atomic mass is 35.5. The second-order valence-corrected chi connectivity index (χ2v) is 4.84. The number of aromatic nitrogens is 2. The van der Waals surface area contributed by atoms with Crippen molar-refractivity contribution in [2.45, 2.75) is 20.3 Å². The van der Waals surface area contributed by atoms with E-state index in [4.69, 9.17) is 11.6 Å². The molecular weight excluding hydrogens is 232 g/mol. The fourth-order valence-electron chi connectivity index (χ4n) is 1.67. The highest BCUT2D eigenvalue weighted by molar-refractivity contribution is 7.17. The molecule has 0 aliphatic rings. The number of alkyl halides is 1. The van der Waals surface area contributed by atoms with Gasteiger partial charge in [-0.1, -0.05) is 0 Å². The van der Waals surface area contributed by atoms with E-state index in [2.05, 4.69) is 4.98 Å². The molecule has 2 rings (SSSR count). The highest BCUT2D eigenvalue weighted by Crippen LogP contribution is 2.22. The van der Waals surface area contributed by atoms with Crippen molar-refractivity contribution in [2.24, 2.45) is 0 Å². The lowest BCUT2D eigenvalue weighted by molar-refractivity contribution is 0.974. The summed E-state index contributed by atoms with van der Waals surface area (Å²) in [5.41, 5.74) is 1.89. The van der Waals surface area contributed by atoms with Crippen LogP contribution in [0.5, 0.6) is 0 Å². The molecule has 0 aliphatic carbocycles. The van der Waals surface area contributed by atoms with E-state index in [0.29, 0.717) is 5.88 Å². The van der Waals surface area contributed by atoms with Gasteiger partial charge in [-0.25, -0.2) is 0 Å². The Morgan fingerprint density at radius 2 is 2.27 bits per heavy atom. The van der Waals surface area contributed by atoms with E-state index in [0.717, 1.165) is 22.8 Å². The monoisotopic (exact) mass is 242 g/mol. The largest absolute Gasteiger partial charge is 0.293 e. The molecule has 0 N–H and O–H groups in total. The zero-order valence-electron chi connectivity index (χ0n) is 8.58. The molecular formula is C10H11ClN2OS. The van der Waals surface area contributed by atoms with Crippen molar-refractivity contribution in [1.82, 2.24) is 9.38 Å². The maximum atomic E-state index is 11.2. The smallest absolute Gasteiger partial charge is 0.274 e. The third-order valence-corrected chi connectivity index (χ3v) is 3.75. The number of halogens is 1. The van der Waals surface area contributed by atoms with Gasteiger partial charge in [0.05, 0.1) is 0 Å². The Bertz CT molecular complexity index is 558. The summed E-state index contributed by atoms with van der Waals surface area (Å²) < 4.78 is 2.01. The van der Waals surface area contributed by atoms with Crippen LogP contribution in [0.3, 0.4) is 0 Å². The summed E-state index contributed by atoms with van der Waals surface area (Å²) in [6.07, 6.45) is 0.828. The van der Waals surface area contributed by atoms with E-state index in [1.54, 1.807) is 17.4 Å². The van der Waals surface area contributed by atoms with Gasteiger partial charge in [0.1, 0.15) is 0 Å². The van der Waals surface area contributed by atoms with E-state index in [9.17, 15) is 4.79 Å². The van der Waals surface area contributed by atoms with Gasteiger partial charge < -0.3 is 0 Å². The summed E-state index contributed by atoms with van der Waals surface area (Å²) in [5, 5.41) is 0. The topological polar surface area (TPSA) is 34.4 Å². The lowest BCUT2D eigenvalue weighted by Gasteiger charge is -2.00. The Labute approximate surface area is 96.3 Å². The van der Waals surface area contributed by atoms with E-state index >= 15 is 0 Å². The standard InChI is InChI=1S/C10H11ClN2OS/c1-6-5-9(14)12-10-13(6)7(2)8(15-10)3-4-11/h5H,3-4H2,1-2H3. The van der Waals surface area contributed by atoms with Crippen LogP contribution in [0, 0.1) is 13.8 Å². The van der Waals surface area contributed by atoms with Crippen LogP contribution in [0.15, 0.2) is 10.9 Å². The average molecular weight is 243 g/mol. The quantitative estimate of drug-likeness (QED) is 0.757. The van der Waals surface area contributed by atoms with Crippen LogP contribution in [-0.2, 0) is 6.42 Å². The number of thiazole rings is 1. The minimum absolute atomic E-state index is 0.175. The van der Waals surface area contributed by atoms with Gasteiger partial charge in [-0.2, -0.15) is 4.98 Å². The third kappa shape index (κ3) is 1.79. The van der Waals surface area contributed by atoms with Gasteiger partial charge in [-0.15, -0.1) is 22.9 Å². The third-order valence-electron chi connectivity index (χ3n) is 2.36. The van der Waals surface area contributed by atoms with Crippen molar-refractivity contribution in [3.63, 3.8) is 0 Å². The summed E-state index contributed by atoms with van der Waals surface area (Å²) in [5.74, 6) is 0.595. The molecule has 2 heterocycles. The molecule has 15 heavy (non-hydrogen) atoms. The lowest BCUT2D eigenvalue weighted by Crippen LogP contribution is -2.08. The maximum absolute atomic E-state index is 11.2. The van der Waals surface area contributed by atoms with Gasteiger partial charge >= 0.3 is 0 Å². The van der Waals surface area contributed by atoms with Gasteiger partial charge in [0.15, 0.2) is 4.96 Å². The highest BCUT2D eigenvalue weighted by Gasteiger charge is 2.10. The van der Waals surface area contributed by atoms with Gasteiger partial charge in [-0.3, -0.25) is 9.20 Å². The zero-order chi connectivity index (χ0) is 11.0. The average Bonchev–Trinajstić information content (AvgIpc) is 2.43. The first-order valence-corrected chi connectivity index (χ1v) is 6.03. The molecule has 2 aromatic rings. The van der Waals surface area contributed by atoms with Crippen LogP contribution in [0.1, 0.15) is 16.3 Å². The number of rotatable bonds is 2. The number of nitrogens with zero attached hydrogens (tertiary/aromatic N) is 2. The summed E-state index contributed by atoms with van der Waals surface area (Å²) in [6.45, 7) is 3.95. The molecule has 0 unspecified atom stereocenters. The molecule has 0 radical (unpaired) electrons. The fourth-order valence-corrected chi connectivity index (χ4v) is 3.15. The van der Waals surface area contributed by atoms with Crippen molar-refractivity contribution in [3.05, 3.63) is 32.7 Å². The molecule has 0 amide bonds. The summed E-state index contributed by atoms with van der Waals surface area (Å²) in [4.78, 5) is 17.2. The van der Waals surface area contributed by atoms with Crippen LogP contribution in [-0.4, -0.2) is 15.3 Å². The van der Waals surface area contributed by atoms with Gasteiger partial charge in [0.2, 0.25) is 0 Å². The van der Waals surface area contributed by atoms with Gasteiger partial charge in [0, 0.05) is 28.2 Å². The zero-order valence-corrected chi connectivity index (χ0v) is 10.2. The lowest BCUT2D eigenvalue weighted by atomic mass is 10.3. The fraction of sp³-hybridized carbons (Fsp3) is 0.400. The molecule has 0 saturated carbocycles. The first-order chi connectivity index (χ1) is 7.13. The molecule has 80 valence electrons. The summed E-state index contributed by atoms with van der Waals surface area (Å²) in [7, 11) is 0. The second-order valence-electron chi connectivity index (χ2n) is 3.40. The normalized spacial score (nSPS) is 11.1. The van der Waals surface area contributed by atoms with E-state index < -0.39 is 0 Å². The molecule has 0 saturated heterocycles. The van der Waals surface area contributed by atoms with Gasteiger partial charge in [-0.05, 0) is 20.3 Å². The Balaban J connectivity index is 2.76. The summed E-state index contributed by atoms with van der Waals surface area (Å²) in [6, 6.07) is 1.55. The van der Waals surface area contributed by atoms with E-state index in [-0.39, 0.29) is 5.56 Å². The predicted molar refractivity (Wildman–Crippen MR) is 63.2 cm³/mol. The molecule has 3 nitrogen and oxygen atoms in total.